The number of halogens is 1. The highest BCUT2D eigenvalue weighted by Crippen LogP contribution is 2.23. The summed E-state index contributed by atoms with van der Waals surface area (Å²) in [4.78, 5) is 6.68. The molecule has 4 heteroatoms. The highest BCUT2D eigenvalue weighted by molar-refractivity contribution is 9.10. The average Bonchev–Trinajstić information content (AvgIpc) is 2.67. The van der Waals surface area contributed by atoms with Gasteiger partial charge < -0.3 is 10.6 Å². The number of anilines is 1. The van der Waals surface area contributed by atoms with Gasteiger partial charge in [-0.05, 0) is 40.9 Å². The molecule has 76 valence electrons. The maximum absolute atomic E-state index is 5.71. The molecule has 1 aromatic rings. The van der Waals surface area contributed by atoms with Crippen molar-refractivity contribution in [3.8, 4) is 0 Å². The second-order valence-corrected chi connectivity index (χ2v) is 4.48. The molecule has 1 saturated heterocycles. The minimum absolute atomic E-state index is 0.476. The van der Waals surface area contributed by atoms with Crippen LogP contribution in [0.1, 0.15) is 12.8 Å². The lowest BCUT2D eigenvalue weighted by molar-refractivity contribution is 0.671. The van der Waals surface area contributed by atoms with Crippen molar-refractivity contribution in [2.45, 2.75) is 18.9 Å². The monoisotopic (exact) mass is 255 g/mol. The van der Waals surface area contributed by atoms with Crippen molar-refractivity contribution in [3.05, 3.63) is 22.8 Å². The SMILES string of the molecule is NCC1CCCN1c1ccc(Br)cn1. The molecule has 0 aliphatic carbocycles. The lowest BCUT2D eigenvalue weighted by Gasteiger charge is -2.24. The van der Waals surface area contributed by atoms with E-state index in [9.17, 15) is 0 Å². The van der Waals surface area contributed by atoms with E-state index in [0.29, 0.717) is 6.04 Å². The number of nitrogens with zero attached hydrogens (tertiary/aromatic N) is 2. The Morgan fingerprint density at radius 2 is 2.43 bits per heavy atom. The van der Waals surface area contributed by atoms with E-state index in [2.05, 4.69) is 25.8 Å². The van der Waals surface area contributed by atoms with Crippen molar-refractivity contribution in [1.29, 1.82) is 0 Å². The van der Waals surface area contributed by atoms with Crippen LogP contribution in [0.25, 0.3) is 0 Å². The molecular weight excluding hydrogens is 242 g/mol. The molecule has 0 radical (unpaired) electrons. The van der Waals surface area contributed by atoms with Gasteiger partial charge in [-0.25, -0.2) is 4.98 Å². The van der Waals surface area contributed by atoms with Gasteiger partial charge in [-0.2, -0.15) is 0 Å². The summed E-state index contributed by atoms with van der Waals surface area (Å²) in [6.07, 6.45) is 4.25. The van der Waals surface area contributed by atoms with Gasteiger partial charge in [0.2, 0.25) is 0 Å². The molecule has 0 bridgehead atoms. The smallest absolute Gasteiger partial charge is 0.128 e. The lowest BCUT2D eigenvalue weighted by atomic mass is 10.2. The molecule has 0 saturated carbocycles. The number of rotatable bonds is 2. The summed E-state index contributed by atoms with van der Waals surface area (Å²) in [7, 11) is 0. The molecule has 1 aliphatic heterocycles. The predicted octanol–water partition coefficient (Wildman–Crippen LogP) is 1.77. The van der Waals surface area contributed by atoms with Crippen molar-refractivity contribution < 1.29 is 0 Å². The van der Waals surface area contributed by atoms with Crippen LogP contribution in [0.5, 0.6) is 0 Å². The van der Waals surface area contributed by atoms with E-state index in [1.165, 1.54) is 12.8 Å². The summed E-state index contributed by atoms with van der Waals surface area (Å²) in [6.45, 7) is 1.80. The summed E-state index contributed by atoms with van der Waals surface area (Å²) in [6, 6.07) is 4.54. The Kier molecular flexibility index (Phi) is 3.03. The molecule has 1 fully saturated rings. The molecule has 1 aromatic heterocycles. The average molecular weight is 256 g/mol. The molecule has 1 aliphatic rings. The summed E-state index contributed by atoms with van der Waals surface area (Å²) in [5.41, 5.74) is 5.71. The second kappa shape index (κ2) is 4.28. The standard InChI is InChI=1S/C10H14BrN3/c11-8-3-4-10(13-7-8)14-5-1-2-9(14)6-12/h3-4,7,9H,1-2,5-6,12H2. The first-order chi connectivity index (χ1) is 6.81. The van der Waals surface area contributed by atoms with Crippen LogP contribution >= 0.6 is 15.9 Å². The van der Waals surface area contributed by atoms with Crippen molar-refractivity contribution in [2.75, 3.05) is 18.0 Å². The number of aromatic nitrogens is 1. The fourth-order valence-corrected chi connectivity index (χ4v) is 2.15. The van der Waals surface area contributed by atoms with Crippen LogP contribution in [0.2, 0.25) is 0 Å². The molecule has 0 spiro atoms. The minimum Gasteiger partial charge on any atom is -0.352 e. The van der Waals surface area contributed by atoms with Gasteiger partial charge in [-0.3, -0.25) is 0 Å². The molecule has 1 atom stereocenters. The van der Waals surface area contributed by atoms with Crippen LogP contribution < -0.4 is 10.6 Å². The molecular formula is C10H14BrN3. The zero-order valence-electron chi connectivity index (χ0n) is 7.99. The summed E-state index contributed by atoms with van der Waals surface area (Å²) < 4.78 is 1.02. The van der Waals surface area contributed by atoms with Crippen LogP contribution in [0.3, 0.4) is 0 Å². The molecule has 2 rings (SSSR count). The molecule has 0 amide bonds. The number of nitrogens with two attached hydrogens (primary N) is 1. The van der Waals surface area contributed by atoms with Crippen LogP contribution in [0, 0.1) is 0 Å². The zero-order valence-corrected chi connectivity index (χ0v) is 9.57. The van der Waals surface area contributed by atoms with E-state index in [1.54, 1.807) is 0 Å². The molecule has 14 heavy (non-hydrogen) atoms. The Morgan fingerprint density at radius 3 is 3.07 bits per heavy atom. The van der Waals surface area contributed by atoms with Crippen molar-refractivity contribution in [2.24, 2.45) is 5.73 Å². The van der Waals surface area contributed by atoms with Crippen LogP contribution in [0.4, 0.5) is 5.82 Å². The maximum atomic E-state index is 5.71. The fraction of sp³-hybridized carbons (Fsp3) is 0.500. The lowest BCUT2D eigenvalue weighted by Crippen LogP contribution is -2.35. The Labute approximate surface area is 92.4 Å². The van der Waals surface area contributed by atoms with Crippen LogP contribution in [0.15, 0.2) is 22.8 Å². The quantitative estimate of drug-likeness (QED) is 0.876. The maximum Gasteiger partial charge on any atom is 0.128 e. The third-order valence-corrected chi connectivity index (χ3v) is 3.12. The molecule has 0 aromatic carbocycles. The van der Waals surface area contributed by atoms with Crippen molar-refractivity contribution in [1.82, 2.24) is 4.98 Å². The first kappa shape index (κ1) is 9.93. The van der Waals surface area contributed by atoms with Gasteiger partial charge in [0.25, 0.3) is 0 Å². The largest absolute Gasteiger partial charge is 0.352 e. The van der Waals surface area contributed by atoms with E-state index in [0.717, 1.165) is 23.4 Å². The number of hydrogen-bond donors (Lipinski definition) is 1. The molecule has 3 nitrogen and oxygen atoms in total. The summed E-state index contributed by atoms with van der Waals surface area (Å²) >= 11 is 3.38. The predicted molar refractivity (Wildman–Crippen MR) is 61.4 cm³/mol. The van der Waals surface area contributed by atoms with Crippen molar-refractivity contribution in [3.63, 3.8) is 0 Å². The van der Waals surface area contributed by atoms with Gasteiger partial charge in [0.15, 0.2) is 0 Å². The molecule has 2 heterocycles. The van der Waals surface area contributed by atoms with E-state index in [-0.39, 0.29) is 0 Å². The van der Waals surface area contributed by atoms with Crippen molar-refractivity contribution >= 4 is 21.7 Å². The fourth-order valence-electron chi connectivity index (χ4n) is 1.92. The number of pyridine rings is 1. The Bertz CT molecular complexity index is 299. The van der Waals surface area contributed by atoms with Gasteiger partial charge >= 0.3 is 0 Å². The Hall–Kier alpha value is -0.610. The number of hydrogen-bond acceptors (Lipinski definition) is 3. The highest BCUT2D eigenvalue weighted by Gasteiger charge is 2.23. The minimum atomic E-state index is 0.476. The Balaban J connectivity index is 2.17. The second-order valence-electron chi connectivity index (χ2n) is 3.56. The third-order valence-electron chi connectivity index (χ3n) is 2.66. The van der Waals surface area contributed by atoms with Gasteiger partial charge in [0, 0.05) is 29.8 Å². The van der Waals surface area contributed by atoms with Gasteiger partial charge in [0.1, 0.15) is 5.82 Å². The van der Waals surface area contributed by atoms with Gasteiger partial charge in [-0.15, -0.1) is 0 Å². The van der Waals surface area contributed by atoms with E-state index < -0.39 is 0 Å². The highest BCUT2D eigenvalue weighted by atomic mass is 79.9. The van der Waals surface area contributed by atoms with Crippen LogP contribution in [-0.2, 0) is 0 Å². The Morgan fingerprint density at radius 1 is 1.57 bits per heavy atom. The van der Waals surface area contributed by atoms with Gasteiger partial charge in [-0.1, -0.05) is 0 Å². The third kappa shape index (κ3) is 1.91. The summed E-state index contributed by atoms with van der Waals surface area (Å²) in [5, 5.41) is 0. The van der Waals surface area contributed by atoms with E-state index in [4.69, 9.17) is 5.73 Å². The topological polar surface area (TPSA) is 42.1 Å². The molecule has 2 N–H and O–H groups in total. The van der Waals surface area contributed by atoms with Gasteiger partial charge in [0.05, 0.1) is 0 Å². The first-order valence-corrected chi connectivity index (χ1v) is 5.69. The van der Waals surface area contributed by atoms with E-state index in [1.807, 2.05) is 18.3 Å². The zero-order chi connectivity index (χ0) is 9.97. The summed E-state index contributed by atoms with van der Waals surface area (Å²) in [5.74, 6) is 1.04. The van der Waals surface area contributed by atoms with E-state index >= 15 is 0 Å². The normalized spacial score (nSPS) is 21.6. The van der Waals surface area contributed by atoms with Crippen LogP contribution in [-0.4, -0.2) is 24.1 Å². The molecule has 1 unspecified atom stereocenters. The first-order valence-electron chi connectivity index (χ1n) is 4.89.